The van der Waals surface area contributed by atoms with E-state index < -0.39 is 0 Å². The van der Waals surface area contributed by atoms with Gasteiger partial charge in [-0.15, -0.1) is 0 Å². The summed E-state index contributed by atoms with van der Waals surface area (Å²) in [5, 5.41) is 3.28. The molecular formula is C14H19FN2O. The number of halogens is 1. The summed E-state index contributed by atoms with van der Waals surface area (Å²) in [5.41, 5.74) is 0.354. The standard InChI is InChI=1S/C14H19FN2O/c1-17(13-5-3-2-4-12(13)15)14(18)7-6-11-8-9-16-10-11/h2-5,11,16H,6-10H2,1H3. The summed E-state index contributed by atoms with van der Waals surface area (Å²) in [7, 11) is 1.63. The molecule has 1 aliphatic rings. The third-order valence-corrected chi connectivity index (χ3v) is 3.52. The lowest BCUT2D eigenvalue weighted by Crippen LogP contribution is -2.27. The molecule has 0 aromatic heterocycles. The highest BCUT2D eigenvalue weighted by atomic mass is 19.1. The predicted octanol–water partition coefficient (Wildman–Crippen LogP) is 2.18. The van der Waals surface area contributed by atoms with Crippen molar-refractivity contribution in [1.29, 1.82) is 0 Å². The van der Waals surface area contributed by atoms with Gasteiger partial charge in [0.2, 0.25) is 5.91 Å². The van der Waals surface area contributed by atoms with E-state index in [1.807, 2.05) is 0 Å². The number of carbonyl (C=O) groups excluding carboxylic acids is 1. The molecule has 1 fully saturated rings. The number of carbonyl (C=O) groups is 1. The van der Waals surface area contributed by atoms with Crippen LogP contribution in [0.4, 0.5) is 10.1 Å². The molecule has 0 spiro atoms. The van der Waals surface area contributed by atoms with Crippen molar-refractivity contribution in [2.45, 2.75) is 19.3 Å². The van der Waals surface area contributed by atoms with Crippen LogP contribution in [0.3, 0.4) is 0 Å². The van der Waals surface area contributed by atoms with Crippen LogP contribution < -0.4 is 10.2 Å². The van der Waals surface area contributed by atoms with Crippen LogP contribution in [0.25, 0.3) is 0 Å². The van der Waals surface area contributed by atoms with Crippen molar-refractivity contribution in [1.82, 2.24) is 5.32 Å². The van der Waals surface area contributed by atoms with Gasteiger partial charge in [0.25, 0.3) is 0 Å². The maximum absolute atomic E-state index is 13.5. The minimum absolute atomic E-state index is 0.0213. The van der Waals surface area contributed by atoms with Crippen LogP contribution in [0.15, 0.2) is 24.3 Å². The molecule has 1 N–H and O–H groups in total. The third-order valence-electron chi connectivity index (χ3n) is 3.52. The lowest BCUT2D eigenvalue weighted by atomic mass is 10.0. The minimum atomic E-state index is -0.351. The summed E-state index contributed by atoms with van der Waals surface area (Å²) < 4.78 is 13.5. The highest BCUT2D eigenvalue weighted by Crippen LogP contribution is 2.20. The van der Waals surface area contributed by atoms with Crippen LogP contribution in [0.1, 0.15) is 19.3 Å². The second-order valence-electron chi connectivity index (χ2n) is 4.80. The SMILES string of the molecule is CN(C(=O)CCC1CCNC1)c1ccccc1F. The molecule has 1 amide bonds. The average molecular weight is 250 g/mol. The second kappa shape index (κ2) is 5.96. The van der Waals surface area contributed by atoms with E-state index in [4.69, 9.17) is 0 Å². The first-order valence-electron chi connectivity index (χ1n) is 6.40. The Morgan fingerprint density at radius 1 is 1.50 bits per heavy atom. The molecule has 1 aromatic carbocycles. The molecule has 1 unspecified atom stereocenters. The summed E-state index contributed by atoms with van der Waals surface area (Å²) in [6.45, 7) is 2.04. The maximum atomic E-state index is 13.5. The molecule has 3 nitrogen and oxygen atoms in total. The topological polar surface area (TPSA) is 32.3 Å². The number of para-hydroxylation sites is 1. The molecule has 1 heterocycles. The first kappa shape index (κ1) is 13.0. The van der Waals surface area contributed by atoms with Gasteiger partial charge >= 0.3 is 0 Å². The van der Waals surface area contributed by atoms with E-state index in [0.29, 0.717) is 18.0 Å². The van der Waals surface area contributed by atoms with Crippen LogP contribution in [0, 0.1) is 11.7 Å². The Kier molecular flexibility index (Phi) is 4.31. The van der Waals surface area contributed by atoms with Crippen molar-refractivity contribution >= 4 is 11.6 Å². The number of anilines is 1. The average Bonchev–Trinajstić information content (AvgIpc) is 2.89. The van der Waals surface area contributed by atoms with Crippen molar-refractivity contribution in [3.63, 3.8) is 0 Å². The van der Waals surface area contributed by atoms with Gasteiger partial charge in [-0.2, -0.15) is 0 Å². The van der Waals surface area contributed by atoms with Crippen molar-refractivity contribution in [2.24, 2.45) is 5.92 Å². The zero-order valence-electron chi connectivity index (χ0n) is 10.7. The van der Waals surface area contributed by atoms with E-state index >= 15 is 0 Å². The van der Waals surface area contributed by atoms with Gasteiger partial charge in [-0.1, -0.05) is 12.1 Å². The summed E-state index contributed by atoms with van der Waals surface area (Å²) in [6.07, 6.45) is 2.50. The van der Waals surface area contributed by atoms with E-state index in [1.54, 1.807) is 25.2 Å². The van der Waals surface area contributed by atoms with E-state index in [1.165, 1.54) is 11.0 Å². The molecule has 1 aliphatic heterocycles. The lowest BCUT2D eigenvalue weighted by Gasteiger charge is -2.18. The molecule has 0 radical (unpaired) electrons. The Hall–Kier alpha value is -1.42. The van der Waals surface area contributed by atoms with Crippen LogP contribution >= 0.6 is 0 Å². The van der Waals surface area contributed by atoms with Gasteiger partial charge in [0.15, 0.2) is 0 Å². The molecule has 0 bridgehead atoms. The number of amides is 1. The fourth-order valence-electron chi connectivity index (χ4n) is 2.31. The minimum Gasteiger partial charge on any atom is -0.316 e. The van der Waals surface area contributed by atoms with Gasteiger partial charge in [-0.05, 0) is 44.0 Å². The molecule has 2 rings (SSSR count). The Morgan fingerprint density at radius 3 is 2.94 bits per heavy atom. The summed E-state index contributed by atoms with van der Waals surface area (Å²) in [4.78, 5) is 13.4. The zero-order chi connectivity index (χ0) is 13.0. The van der Waals surface area contributed by atoms with Gasteiger partial charge in [-0.3, -0.25) is 4.79 Å². The second-order valence-corrected chi connectivity index (χ2v) is 4.80. The smallest absolute Gasteiger partial charge is 0.226 e. The number of rotatable bonds is 4. The molecule has 1 aromatic rings. The fraction of sp³-hybridized carbons (Fsp3) is 0.500. The third kappa shape index (κ3) is 3.07. The first-order chi connectivity index (χ1) is 8.68. The Balaban J connectivity index is 1.90. The summed E-state index contributed by atoms with van der Waals surface area (Å²) in [5.74, 6) is 0.214. The zero-order valence-corrected chi connectivity index (χ0v) is 10.7. The van der Waals surface area contributed by atoms with Gasteiger partial charge in [0.1, 0.15) is 5.82 Å². The lowest BCUT2D eigenvalue weighted by molar-refractivity contribution is -0.118. The Morgan fingerprint density at radius 2 is 2.28 bits per heavy atom. The van der Waals surface area contributed by atoms with Crippen LogP contribution in [-0.2, 0) is 4.79 Å². The number of nitrogens with one attached hydrogen (secondary N) is 1. The highest BCUT2D eigenvalue weighted by Gasteiger charge is 2.18. The van der Waals surface area contributed by atoms with E-state index in [0.717, 1.165) is 25.9 Å². The highest BCUT2D eigenvalue weighted by molar-refractivity contribution is 5.92. The summed E-state index contributed by atoms with van der Waals surface area (Å²) in [6, 6.07) is 6.37. The monoisotopic (exact) mass is 250 g/mol. The predicted molar refractivity (Wildman–Crippen MR) is 70.0 cm³/mol. The largest absolute Gasteiger partial charge is 0.316 e. The van der Waals surface area contributed by atoms with Crippen molar-refractivity contribution in [3.8, 4) is 0 Å². The van der Waals surface area contributed by atoms with Crippen LogP contribution in [-0.4, -0.2) is 26.0 Å². The molecular weight excluding hydrogens is 231 g/mol. The number of hydrogen-bond donors (Lipinski definition) is 1. The first-order valence-corrected chi connectivity index (χ1v) is 6.40. The van der Waals surface area contributed by atoms with Crippen molar-refractivity contribution in [3.05, 3.63) is 30.1 Å². The van der Waals surface area contributed by atoms with E-state index in [-0.39, 0.29) is 11.7 Å². The Labute approximate surface area is 107 Å². The van der Waals surface area contributed by atoms with Crippen LogP contribution in [0.5, 0.6) is 0 Å². The van der Waals surface area contributed by atoms with Gasteiger partial charge < -0.3 is 10.2 Å². The van der Waals surface area contributed by atoms with Gasteiger partial charge in [0.05, 0.1) is 5.69 Å². The molecule has 0 aliphatic carbocycles. The Bertz CT molecular complexity index is 416. The maximum Gasteiger partial charge on any atom is 0.226 e. The van der Waals surface area contributed by atoms with Crippen LogP contribution in [0.2, 0.25) is 0 Å². The molecule has 98 valence electrons. The molecule has 4 heteroatoms. The van der Waals surface area contributed by atoms with E-state index in [9.17, 15) is 9.18 Å². The number of nitrogens with zero attached hydrogens (tertiary/aromatic N) is 1. The van der Waals surface area contributed by atoms with Gasteiger partial charge in [0, 0.05) is 13.5 Å². The molecule has 0 saturated carbocycles. The fourth-order valence-corrected chi connectivity index (χ4v) is 2.31. The molecule has 1 saturated heterocycles. The normalized spacial score (nSPS) is 18.9. The van der Waals surface area contributed by atoms with Gasteiger partial charge in [-0.25, -0.2) is 4.39 Å². The quantitative estimate of drug-likeness (QED) is 0.888. The van der Waals surface area contributed by atoms with Crippen molar-refractivity contribution in [2.75, 3.05) is 25.0 Å². The van der Waals surface area contributed by atoms with E-state index in [2.05, 4.69) is 5.32 Å². The van der Waals surface area contributed by atoms with Crippen molar-refractivity contribution < 1.29 is 9.18 Å². The number of hydrogen-bond acceptors (Lipinski definition) is 2. The molecule has 1 atom stereocenters. The number of benzene rings is 1. The summed E-state index contributed by atoms with van der Waals surface area (Å²) >= 11 is 0. The molecule has 18 heavy (non-hydrogen) atoms.